The summed E-state index contributed by atoms with van der Waals surface area (Å²) in [7, 11) is 1.61. The van der Waals surface area contributed by atoms with Gasteiger partial charge in [0.2, 0.25) is 5.91 Å². The van der Waals surface area contributed by atoms with E-state index >= 15 is 0 Å². The Hall–Kier alpha value is -3.12. The van der Waals surface area contributed by atoms with Crippen LogP contribution in [0.25, 0.3) is 10.4 Å². The SMILES string of the molecule is COc1ccc(CNC(=O)CNC(=O)c2cc3c(s2)-c2ccccc2CC3)cc1. The first-order valence-corrected chi connectivity index (χ1v) is 10.3. The van der Waals surface area contributed by atoms with Gasteiger partial charge in [-0.05, 0) is 53.3 Å². The minimum atomic E-state index is -0.221. The molecular formula is C23H22N2O3S. The lowest BCUT2D eigenvalue weighted by Crippen LogP contribution is -2.36. The summed E-state index contributed by atoms with van der Waals surface area (Å²) in [5.74, 6) is 0.343. The highest BCUT2D eigenvalue weighted by atomic mass is 32.1. The van der Waals surface area contributed by atoms with Crippen LogP contribution >= 0.6 is 11.3 Å². The van der Waals surface area contributed by atoms with Gasteiger partial charge in [0.25, 0.3) is 5.91 Å². The first-order chi connectivity index (χ1) is 14.1. The standard InChI is InChI=1S/C23H22N2O3S/c1-28-18-10-6-15(7-11-18)13-24-21(26)14-25-23(27)20-12-17-9-8-16-4-2-3-5-19(16)22(17)29-20/h2-7,10-12H,8-9,13-14H2,1H3,(H,24,26)(H,25,27). The molecule has 1 aromatic heterocycles. The Morgan fingerprint density at radius 1 is 1.00 bits per heavy atom. The number of rotatable bonds is 6. The maximum absolute atomic E-state index is 12.5. The zero-order valence-corrected chi connectivity index (χ0v) is 17.0. The molecule has 0 bridgehead atoms. The lowest BCUT2D eigenvalue weighted by atomic mass is 9.91. The molecule has 29 heavy (non-hydrogen) atoms. The van der Waals surface area contributed by atoms with E-state index in [4.69, 9.17) is 4.74 Å². The van der Waals surface area contributed by atoms with Gasteiger partial charge in [-0.15, -0.1) is 11.3 Å². The molecule has 4 rings (SSSR count). The van der Waals surface area contributed by atoms with E-state index in [-0.39, 0.29) is 18.4 Å². The molecule has 1 heterocycles. The molecule has 0 spiro atoms. The number of ether oxygens (including phenoxy) is 1. The summed E-state index contributed by atoms with van der Waals surface area (Å²) in [5, 5.41) is 5.54. The number of nitrogens with one attached hydrogen (secondary N) is 2. The highest BCUT2D eigenvalue weighted by Gasteiger charge is 2.21. The van der Waals surface area contributed by atoms with Gasteiger partial charge < -0.3 is 15.4 Å². The summed E-state index contributed by atoms with van der Waals surface area (Å²) < 4.78 is 5.12. The van der Waals surface area contributed by atoms with Gasteiger partial charge >= 0.3 is 0 Å². The van der Waals surface area contributed by atoms with Crippen LogP contribution in [0.3, 0.4) is 0 Å². The molecule has 0 atom stereocenters. The number of carbonyl (C=O) groups excluding carboxylic acids is 2. The number of thiophene rings is 1. The Balaban J connectivity index is 1.32. The van der Waals surface area contributed by atoms with E-state index in [1.807, 2.05) is 36.4 Å². The number of hydrogen-bond acceptors (Lipinski definition) is 4. The molecule has 2 N–H and O–H groups in total. The van der Waals surface area contributed by atoms with Crippen molar-refractivity contribution in [2.24, 2.45) is 0 Å². The molecule has 148 valence electrons. The van der Waals surface area contributed by atoms with Crippen LogP contribution in [0.5, 0.6) is 5.75 Å². The van der Waals surface area contributed by atoms with Crippen LogP contribution in [-0.4, -0.2) is 25.5 Å². The predicted octanol–water partition coefficient (Wildman–Crippen LogP) is 3.57. The van der Waals surface area contributed by atoms with Crippen LogP contribution in [0.1, 0.15) is 26.4 Å². The molecule has 0 aliphatic heterocycles. The van der Waals surface area contributed by atoms with Crippen molar-refractivity contribution in [1.82, 2.24) is 10.6 Å². The number of methoxy groups -OCH3 is 1. The fourth-order valence-electron chi connectivity index (χ4n) is 3.44. The normalized spacial score (nSPS) is 11.9. The van der Waals surface area contributed by atoms with Gasteiger partial charge in [-0.25, -0.2) is 0 Å². The van der Waals surface area contributed by atoms with Gasteiger partial charge in [-0.3, -0.25) is 9.59 Å². The summed E-state index contributed by atoms with van der Waals surface area (Å²) in [4.78, 5) is 26.4. The highest BCUT2D eigenvalue weighted by Crippen LogP contribution is 2.39. The lowest BCUT2D eigenvalue weighted by molar-refractivity contribution is -0.120. The van der Waals surface area contributed by atoms with Crippen molar-refractivity contribution in [3.8, 4) is 16.2 Å². The summed E-state index contributed by atoms with van der Waals surface area (Å²) >= 11 is 1.50. The Morgan fingerprint density at radius 3 is 2.55 bits per heavy atom. The largest absolute Gasteiger partial charge is 0.497 e. The van der Waals surface area contributed by atoms with Gasteiger partial charge in [0, 0.05) is 11.4 Å². The van der Waals surface area contributed by atoms with Crippen LogP contribution in [0.4, 0.5) is 0 Å². The Bertz CT molecular complexity index is 1040. The number of fused-ring (bicyclic) bond motifs is 3. The third-order valence-electron chi connectivity index (χ3n) is 5.02. The van der Waals surface area contributed by atoms with Crippen LogP contribution < -0.4 is 15.4 Å². The maximum atomic E-state index is 12.5. The molecule has 6 heteroatoms. The second-order valence-corrected chi connectivity index (χ2v) is 7.98. The van der Waals surface area contributed by atoms with Gasteiger partial charge in [0.05, 0.1) is 18.5 Å². The van der Waals surface area contributed by atoms with Gasteiger partial charge in [-0.1, -0.05) is 36.4 Å². The van der Waals surface area contributed by atoms with Gasteiger partial charge in [-0.2, -0.15) is 0 Å². The van der Waals surface area contributed by atoms with Crippen molar-refractivity contribution >= 4 is 23.2 Å². The van der Waals surface area contributed by atoms with E-state index < -0.39 is 0 Å². The minimum Gasteiger partial charge on any atom is -0.497 e. The van der Waals surface area contributed by atoms with Crippen LogP contribution in [-0.2, 0) is 24.2 Å². The second kappa shape index (κ2) is 8.49. The summed E-state index contributed by atoms with van der Waals surface area (Å²) in [6, 6.07) is 17.8. The number of benzene rings is 2. The van der Waals surface area contributed by atoms with Crippen molar-refractivity contribution < 1.29 is 14.3 Å². The molecule has 0 saturated heterocycles. The van der Waals surface area contributed by atoms with E-state index in [0.29, 0.717) is 11.4 Å². The Kier molecular flexibility index (Phi) is 5.62. The molecule has 2 aromatic carbocycles. The van der Waals surface area contributed by atoms with E-state index in [0.717, 1.165) is 24.2 Å². The third kappa shape index (κ3) is 4.32. The molecular weight excluding hydrogens is 384 g/mol. The average Bonchev–Trinajstić information content (AvgIpc) is 3.21. The van der Waals surface area contributed by atoms with Gasteiger partial charge in [0.1, 0.15) is 5.75 Å². The van der Waals surface area contributed by atoms with E-state index in [1.165, 1.54) is 32.9 Å². The molecule has 1 aliphatic carbocycles. The number of amides is 2. The van der Waals surface area contributed by atoms with Crippen LogP contribution in [0, 0.1) is 0 Å². The molecule has 1 aliphatic rings. The van der Waals surface area contributed by atoms with Crippen molar-refractivity contribution in [2.45, 2.75) is 19.4 Å². The minimum absolute atomic E-state index is 0.0475. The molecule has 0 radical (unpaired) electrons. The molecule has 5 nitrogen and oxygen atoms in total. The molecule has 3 aromatic rings. The summed E-state index contributed by atoms with van der Waals surface area (Å²) in [6.07, 6.45) is 1.94. The summed E-state index contributed by atoms with van der Waals surface area (Å²) in [5.41, 5.74) is 4.72. The molecule has 0 saturated carbocycles. The maximum Gasteiger partial charge on any atom is 0.261 e. The average molecular weight is 407 g/mol. The van der Waals surface area contributed by atoms with E-state index in [9.17, 15) is 9.59 Å². The number of aryl methyl sites for hydroxylation is 2. The Morgan fingerprint density at radius 2 is 1.76 bits per heavy atom. The third-order valence-corrected chi connectivity index (χ3v) is 6.23. The quantitative estimate of drug-likeness (QED) is 0.658. The number of carbonyl (C=O) groups is 2. The second-order valence-electron chi connectivity index (χ2n) is 6.93. The van der Waals surface area contributed by atoms with Crippen molar-refractivity contribution in [3.63, 3.8) is 0 Å². The summed E-state index contributed by atoms with van der Waals surface area (Å²) in [6.45, 7) is 0.358. The lowest BCUT2D eigenvalue weighted by Gasteiger charge is -2.15. The highest BCUT2D eigenvalue weighted by molar-refractivity contribution is 7.17. The zero-order chi connectivity index (χ0) is 20.2. The molecule has 0 unspecified atom stereocenters. The van der Waals surface area contributed by atoms with Gasteiger partial charge in [0.15, 0.2) is 0 Å². The van der Waals surface area contributed by atoms with Crippen molar-refractivity contribution in [3.05, 3.63) is 76.2 Å². The fourth-order valence-corrected chi connectivity index (χ4v) is 4.62. The first-order valence-electron chi connectivity index (χ1n) is 9.53. The molecule has 0 fully saturated rings. The predicted molar refractivity (Wildman–Crippen MR) is 114 cm³/mol. The Labute approximate surface area is 173 Å². The monoisotopic (exact) mass is 406 g/mol. The van der Waals surface area contributed by atoms with E-state index in [1.54, 1.807) is 7.11 Å². The van der Waals surface area contributed by atoms with Crippen LogP contribution in [0.2, 0.25) is 0 Å². The van der Waals surface area contributed by atoms with Crippen molar-refractivity contribution in [1.29, 1.82) is 0 Å². The van der Waals surface area contributed by atoms with Crippen molar-refractivity contribution in [2.75, 3.05) is 13.7 Å². The fraction of sp³-hybridized carbons (Fsp3) is 0.217. The smallest absolute Gasteiger partial charge is 0.261 e. The van der Waals surface area contributed by atoms with E-state index in [2.05, 4.69) is 28.8 Å². The number of hydrogen-bond donors (Lipinski definition) is 2. The zero-order valence-electron chi connectivity index (χ0n) is 16.2. The van der Waals surface area contributed by atoms with Crippen LogP contribution in [0.15, 0.2) is 54.6 Å². The first kappa shape index (κ1) is 19.2. The molecule has 2 amide bonds. The topological polar surface area (TPSA) is 67.4 Å².